The molecule has 7 nitrogen and oxygen atoms in total. The zero-order valence-electron chi connectivity index (χ0n) is 13.0. The van der Waals surface area contributed by atoms with E-state index in [-0.39, 0.29) is 22.0 Å². The fraction of sp³-hybridized carbons (Fsp3) is 0.714. The molecule has 1 heterocycles. The van der Waals surface area contributed by atoms with Gasteiger partial charge in [-0.25, -0.2) is 0 Å². The molecule has 0 radical (unpaired) electrons. The van der Waals surface area contributed by atoms with Crippen LogP contribution in [0.2, 0.25) is 0 Å². The zero-order valence-corrected chi connectivity index (χ0v) is 13.9. The second kappa shape index (κ2) is 7.62. The summed E-state index contributed by atoms with van der Waals surface area (Å²) in [4.78, 5) is 23.8. The van der Waals surface area contributed by atoms with Crippen LogP contribution in [-0.4, -0.2) is 32.6 Å². The number of nitrogens with two attached hydrogens (primary N) is 1. The van der Waals surface area contributed by atoms with Crippen molar-refractivity contribution in [3.05, 3.63) is 16.0 Å². The molecule has 22 heavy (non-hydrogen) atoms. The van der Waals surface area contributed by atoms with E-state index in [2.05, 4.69) is 15.5 Å². The minimum absolute atomic E-state index is 0.0644. The van der Waals surface area contributed by atoms with Crippen LogP contribution < -0.4 is 16.7 Å². The second-order valence-electron chi connectivity index (χ2n) is 5.75. The van der Waals surface area contributed by atoms with Crippen molar-refractivity contribution in [2.24, 2.45) is 5.92 Å². The van der Waals surface area contributed by atoms with Crippen LogP contribution >= 0.6 is 11.8 Å². The van der Waals surface area contributed by atoms with Crippen LogP contribution in [-0.2, 0) is 4.79 Å². The van der Waals surface area contributed by atoms with Crippen molar-refractivity contribution in [1.82, 2.24) is 20.2 Å². The number of carbonyl (C=O) groups is 1. The molecule has 1 fully saturated rings. The van der Waals surface area contributed by atoms with Gasteiger partial charge in [0.2, 0.25) is 11.1 Å². The fourth-order valence-electron chi connectivity index (χ4n) is 2.54. The number of rotatable bonds is 5. The number of thioether (sulfide) groups is 1. The topological polar surface area (TPSA) is 103 Å². The number of aryl methyl sites for hydroxylation is 1. The summed E-state index contributed by atoms with van der Waals surface area (Å²) in [6.07, 6.45) is 6.19. The maximum atomic E-state index is 12.1. The Morgan fingerprint density at radius 2 is 2.09 bits per heavy atom. The Balaban J connectivity index is 1.88. The fourth-order valence-corrected chi connectivity index (χ4v) is 3.33. The lowest BCUT2D eigenvalue weighted by Gasteiger charge is -2.22. The van der Waals surface area contributed by atoms with Crippen LogP contribution in [0, 0.1) is 12.8 Å². The van der Waals surface area contributed by atoms with Gasteiger partial charge in [0.1, 0.15) is 5.69 Å². The molecule has 0 unspecified atom stereocenters. The van der Waals surface area contributed by atoms with Crippen LogP contribution in [0.5, 0.6) is 0 Å². The summed E-state index contributed by atoms with van der Waals surface area (Å²) in [5.41, 5.74) is -0.159. The van der Waals surface area contributed by atoms with Crippen molar-refractivity contribution in [3.8, 4) is 0 Å². The van der Waals surface area contributed by atoms with Crippen molar-refractivity contribution >= 4 is 17.7 Å². The minimum atomic E-state index is -0.396. The number of nitrogens with one attached hydrogen (secondary N) is 1. The van der Waals surface area contributed by atoms with Gasteiger partial charge in [0.25, 0.3) is 5.56 Å². The standard InChI is InChI=1S/C14H23N5O2S/c1-9-13(21)19(15)14(18-17-9)22-10(2)12(20)16-8-11-6-4-3-5-7-11/h10-11H,3-8,15H2,1-2H3,(H,16,20)/t10-/m1/s1. The molecule has 1 saturated carbocycles. The zero-order chi connectivity index (χ0) is 16.1. The van der Waals surface area contributed by atoms with E-state index >= 15 is 0 Å². The molecule has 0 spiro atoms. The van der Waals surface area contributed by atoms with E-state index in [1.165, 1.54) is 32.1 Å². The highest BCUT2D eigenvalue weighted by Gasteiger charge is 2.20. The Hall–Kier alpha value is -1.57. The largest absolute Gasteiger partial charge is 0.355 e. The van der Waals surface area contributed by atoms with Crippen molar-refractivity contribution in [2.45, 2.75) is 56.4 Å². The second-order valence-corrected chi connectivity index (χ2v) is 7.06. The van der Waals surface area contributed by atoms with Gasteiger partial charge in [0.15, 0.2) is 0 Å². The van der Waals surface area contributed by atoms with Crippen LogP contribution in [0.3, 0.4) is 0 Å². The van der Waals surface area contributed by atoms with Crippen molar-refractivity contribution in [2.75, 3.05) is 12.4 Å². The van der Waals surface area contributed by atoms with E-state index in [1.54, 1.807) is 13.8 Å². The Morgan fingerprint density at radius 1 is 1.41 bits per heavy atom. The first kappa shape index (κ1) is 16.8. The molecular formula is C14H23N5O2S. The molecular weight excluding hydrogens is 302 g/mol. The summed E-state index contributed by atoms with van der Waals surface area (Å²) in [7, 11) is 0. The summed E-state index contributed by atoms with van der Waals surface area (Å²) in [6, 6.07) is 0. The highest BCUT2D eigenvalue weighted by atomic mass is 32.2. The van der Waals surface area contributed by atoms with E-state index in [1.807, 2.05) is 0 Å². The third-order valence-electron chi connectivity index (χ3n) is 3.96. The quantitative estimate of drug-likeness (QED) is 0.614. The van der Waals surface area contributed by atoms with Crippen LogP contribution in [0.1, 0.15) is 44.7 Å². The molecule has 0 bridgehead atoms. The summed E-state index contributed by atoms with van der Waals surface area (Å²) in [6.45, 7) is 4.04. The first-order valence-corrected chi connectivity index (χ1v) is 8.52. The smallest absolute Gasteiger partial charge is 0.294 e. The summed E-state index contributed by atoms with van der Waals surface area (Å²) in [5.74, 6) is 6.19. The van der Waals surface area contributed by atoms with Gasteiger partial charge in [0.05, 0.1) is 5.25 Å². The summed E-state index contributed by atoms with van der Waals surface area (Å²) in [5, 5.41) is 10.5. The van der Waals surface area contributed by atoms with Gasteiger partial charge in [-0.3, -0.25) is 9.59 Å². The molecule has 1 aliphatic rings. The molecule has 3 N–H and O–H groups in total. The Bertz CT molecular complexity index is 583. The van der Waals surface area contributed by atoms with Crippen LogP contribution in [0.4, 0.5) is 0 Å². The van der Waals surface area contributed by atoms with Gasteiger partial charge < -0.3 is 11.2 Å². The van der Waals surface area contributed by atoms with Crippen molar-refractivity contribution in [1.29, 1.82) is 0 Å². The number of hydrogen-bond donors (Lipinski definition) is 2. The number of carbonyl (C=O) groups excluding carboxylic acids is 1. The van der Waals surface area contributed by atoms with Gasteiger partial charge in [-0.1, -0.05) is 31.0 Å². The number of hydrogen-bond acceptors (Lipinski definition) is 6. The molecule has 1 atom stereocenters. The van der Waals surface area contributed by atoms with Gasteiger partial charge in [-0.15, -0.1) is 10.2 Å². The Labute approximate surface area is 134 Å². The number of nitrogens with zero attached hydrogens (tertiary/aromatic N) is 3. The molecule has 0 saturated heterocycles. The van der Waals surface area contributed by atoms with Crippen molar-refractivity contribution < 1.29 is 4.79 Å². The Kier molecular flexibility index (Phi) is 5.82. The molecule has 2 rings (SSSR count). The SMILES string of the molecule is Cc1nnc(S[C@H](C)C(=O)NCC2CCCCC2)n(N)c1=O. The summed E-state index contributed by atoms with van der Waals surface area (Å²) >= 11 is 1.14. The molecule has 0 aromatic carbocycles. The van der Waals surface area contributed by atoms with Crippen LogP contribution in [0.15, 0.2) is 9.95 Å². The third kappa shape index (κ3) is 4.22. The molecule has 1 aromatic heterocycles. The van der Waals surface area contributed by atoms with Gasteiger partial charge in [-0.05, 0) is 32.6 Å². The third-order valence-corrected chi connectivity index (χ3v) is 5.02. The molecule has 1 aliphatic carbocycles. The lowest BCUT2D eigenvalue weighted by molar-refractivity contribution is -0.120. The van der Waals surface area contributed by atoms with E-state index < -0.39 is 5.56 Å². The average Bonchev–Trinajstić information content (AvgIpc) is 2.54. The van der Waals surface area contributed by atoms with Crippen LogP contribution in [0.25, 0.3) is 0 Å². The summed E-state index contributed by atoms with van der Waals surface area (Å²) < 4.78 is 0.942. The lowest BCUT2D eigenvalue weighted by atomic mass is 9.89. The maximum Gasteiger partial charge on any atom is 0.294 e. The van der Waals surface area contributed by atoms with Gasteiger partial charge in [0, 0.05) is 6.54 Å². The van der Waals surface area contributed by atoms with E-state index in [0.717, 1.165) is 23.0 Å². The number of nitrogen functional groups attached to an aromatic ring is 1. The molecule has 8 heteroatoms. The van der Waals surface area contributed by atoms with E-state index in [0.29, 0.717) is 5.92 Å². The molecule has 1 amide bonds. The lowest BCUT2D eigenvalue weighted by Crippen LogP contribution is -2.37. The van der Waals surface area contributed by atoms with E-state index in [9.17, 15) is 9.59 Å². The monoisotopic (exact) mass is 325 g/mol. The number of aromatic nitrogens is 3. The highest BCUT2D eigenvalue weighted by Crippen LogP contribution is 2.23. The molecule has 1 aromatic rings. The molecule has 0 aliphatic heterocycles. The highest BCUT2D eigenvalue weighted by molar-refractivity contribution is 8.00. The normalized spacial score (nSPS) is 17.2. The number of amides is 1. The first-order valence-electron chi connectivity index (χ1n) is 7.65. The van der Waals surface area contributed by atoms with Gasteiger partial charge >= 0.3 is 0 Å². The predicted molar refractivity (Wildman–Crippen MR) is 86.1 cm³/mol. The van der Waals surface area contributed by atoms with Gasteiger partial charge in [-0.2, -0.15) is 4.68 Å². The average molecular weight is 325 g/mol. The predicted octanol–water partition coefficient (Wildman–Crippen LogP) is 0.838. The van der Waals surface area contributed by atoms with E-state index in [4.69, 9.17) is 5.84 Å². The Morgan fingerprint density at radius 3 is 2.77 bits per heavy atom. The molecule has 122 valence electrons. The minimum Gasteiger partial charge on any atom is -0.355 e. The maximum absolute atomic E-state index is 12.1. The first-order chi connectivity index (χ1) is 10.5. The van der Waals surface area contributed by atoms with Crippen molar-refractivity contribution in [3.63, 3.8) is 0 Å².